The quantitative estimate of drug-likeness (QED) is 0.124. The highest BCUT2D eigenvalue weighted by molar-refractivity contribution is 7.98. The van der Waals surface area contributed by atoms with Crippen molar-refractivity contribution in [3.63, 3.8) is 0 Å². The molecule has 0 spiro atoms. The summed E-state index contributed by atoms with van der Waals surface area (Å²) in [7, 11) is 0. The molecule has 5 atom stereocenters. The van der Waals surface area contributed by atoms with E-state index in [0.29, 0.717) is 11.3 Å². The first kappa shape index (κ1) is 31.7. The molecular formula is C23H34N4O9S. The molecule has 14 heteroatoms. The van der Waals surface area contributed by atoms with Crippen LogP contribution in [0, 0.1) is 0 Å². The average molecular weight is 543 g/mol. The summed E-state index contributed by atoms with van der Waals surface area (Å²) in [6.45, 7) is 1.27. The zero-order valence-corrected chi connectivity index (χ0v) is 21.4. The summed E-state index contributed by atoms with van der Waals surface area (Å²) in [4.78, 5) is 61.0. The largest absolute Gasteiger partial charge is 0.508 e. The number of carbonyl (C=O) groups is 5. The Hall–Kier alpha value is -3.36. The standard InChI is InChI=1S/C23H34N4O9S/c1-12(28)19(24)22(34)26-15(7-8-18(30)31)20(32)25-16(9-10-37-2)21(33)27-17(23(35)36)11-13-3-5-14(29)6-4-13/h3-6,12,15-17,19,28-29H,7-11,24H2,1-2H3,(H,25,32)(H,26,34)(H,27,33)(H,30,31)(H,35,36). The van der Waals surface area contributed by atoms with Gasteiger partial charge >= 0.3 is 11.9 Å². The molecule has 0 bridgehead atoms. The SMILES string of the molecule is CSCCC(NC(=O)C(CCC(=O)O)NC(=O)C(N)C(C)O)C(=O)NC(Cc1ccc(O)cc1)C(=O)O. The third-order valence-corrected chi connectivity index (χ3v) is 5.98. The zero-order chi connectivity index (χ0) is 28.1. The third-order valence-electron chi connectivity index (χ3n) is 5.34. The van der Waals surface area contributed by atoms with Crippen molar-refractivity contribution in [1.29, 1.82) is 0 Å². The Morgan fingerprint density at radius 3 is 1.89 bits per heavy atom. The van der Waals surface area contributed by atoms with E-state index in [0.717, 1.165) is 0 Å². The first-order chi connectivity index (χ1) is 17.3. The smallest absolute Gasteiger partial charge is 0.326 e. The van der Waals surface area contributed by atoms with Gasteiger partial charge in [-0.05, 0) is 49.5 Å². The summed E-state index contributed by atoms with van der Waals surface area (Å²) in [5.41, 5.74) is 6.13. The van der Waals surface area contributed by atoms with Crippen molar-refractivity contribution < 1.29 is 44.4 Å². The summed E-state index contributed by atoms with van der Waals surface area (Å²) in [6.07, 6.45) is -0.206. The van der Waals surface area contributed by atoms with E-state index < -0.39 is 66.4 Å². The number of carbonyl (C=O) groups excluding carboxylic acids is 3. The van der Waals surface area contributed by atoms with Crippen LogP contribution in [0.1, 0.15) is 31.7 Å². The van der Waals surface area contributed by atoms with Crippen molar-refractivity contribution in [3.05, 3.63) is 29.8 Å². The highest BCUT2D eigenvalue weighted by atomic mass is 32.2. The van der Waals surface area contributed by atoms with Gasteiger partial charge in [0.15, 0.2) is 0 Å². The summed E-state index contributed by atoms with van der Waals surface area (Å²) in [5, 5.41) is 44.7. The van der Waals surface area contributed by atoms with Crippen LogP contribution in [0.2, 0.25) is 0 Å². The monoisotopic (exact) mass is 542 g/mol. The summed E-state index contributed by atoms with van der Waals surface area (Å²) < 4.78 is 0. The van der Waals surface area contributed by atoms with Crippen molar-refractivity contribution in [2.24, 2.45) is 5.73 Å². The van der Waals surface area contributed by atoms with Gasteiger partial charge in [0.05, 0.1) is 6.10 Å². The van der Waals surface area contributed by atoms with E-state index in [1.165, 1.54) is 43.0 Å². The van der Waals surface area contributed by atoms with E-state index in [1.54, 1.807) is 6.26 Å². The van der Waals surface area contributed by atoms with E-state index in [2.05, 4.69) is 16.0 Å². The van der Waals surface area contributed by atoms with Crippen LogP contribution in [-0.4, -0.2) is 92.4 Å². The second-order valence-corrected chi connectivity index (χ2v) is 9.36. The maximum atomic E-state index is 13.0. The van der Waals surface area contributed by atoms with Gasteiger partial charge in [0.25, 0.3) is 0 Å². The highest BCUT2D eigenvalue weighted by Gasteiger charge is 2.31. The van der Waals surface area contributed by atoms with Crippen molar-refractivity contribution in [2.75, 3.05) is 12.0 Å². The van der Waals surface area contributed by atoms with Crippen molar-refractivity contribution in [2.45, 2.75) is 62.9 Å². The lowest BCUT2D eigenvalue weighted by Crippen LogP contribution is -2.58. The zero-order valence-electron chi connectivity index (χ0n) is 20.5. The van der Waals surface area contributed by atoms with Crippen molar-refractivity contribution >= 4 is 41.4 Å². The number of aromatic hydroxyl groups is 1. The molecule has 1 aromatic carbocycles. The van der Waals surface area contributed by atoms with Gasteiger partial charge in [-0.2, -0.15) is 11.8 Å². The topological polar surface area (TPSA) is 228 Å². The number of aliphatic hydroxyl groups is 1. The molecule has 1 rings (SSSR count). The Morgan fingerprint density at radius 1 is 0.892 bits per heavy atom. The molecule has 206 valence electrons. The lowest BCUT2D eigenvalue weighted by molar-refractivity contribution is -0.142. The van der Waals surface area contributed by atoms with Gasteiger partial charge in [-0.25, -0.2) is 4.79 Å². The van der Waals surface area contributed by atoms with Gasteiger partial charge in [-0.3, -0.25) is 19.2 Å². The number of hydrogen-bond acceptors (Lipinski definition) is 9. The number of rotatable bonds is 16. The van der Waals surface area contributed by atoms with Crippen molar-refractivity contribution in [1.82, 2.24) is 16.0 Å². The molecule has 0 saturated heterocycles. The number of phenolic OH excluding ortho intramolecular Hbond substituents is 1. The second-order valence-electron chi connectivity index (χ2n) is 8.37. The van der Waals surface area contributed by atoms with E-state index in [4.69, 9.17) is 10.8 Å². The van der Waals surface area contributed by atoms with Gasteiger partial charge < -0.3 is 42.1 Å². The molecule has 1 aromatic rings. The van der Waals surface area contributed by atoms with Crippen LogP contribution in [-0.2, 0) is 30.4 Å². The molecule has 5 unspecified atom stereocenters. The Kier molecular flexibility index (Phi) is 13.4. The molecule has 37 heavy (non-hydrogen) atoms. The molecule has 0 aromatic heterocycles. The molecule has 0 heterocycles. The minimum absolute atomic E-state index is 0.00144. The summed E-state index contributed by atoms with van der Waals surface area (Å²) in [5.74, 6) is -4.63. The molecule has 0 aliphatic heterocycles. The number of hydrogen-bond donors (Lipinski definition) is 8. The van der Waals surface area contributed by atoms with Crippen LogP contribution in [0.15, 0.2) is 24.3 Å². The Bertz CT molecular complexity index is 943. The number of amides is 3. The minimum atomic E-state index is -1.37. The average Bonchev–Trinajstić information content (AvgIpc) is 2.83. The van der Waals surface area contributed by atoms with Crippen molar-refractivity contribution in [3.8, 4) is 5.75 Å². The fraction of sp³-hybridized carbons (Fsp3) is 0.522. The molecule has 13 nitrogen and oxygen atoms in total. The normalized spacial score (nSPS) is 14.9. The molecule has 0 aliphatic rings. The fourth-order valence-electron chi connectivity index (χ4n) is 3.14. The number of phenols is 1. The van der Waals surface area contributed by atoms with Crippen LogP contribution in [0.5, 0.6) is 5.75 Å². The minimum Gasteiger partial charge on any atom is -0.508 e. The number of nitrogens with one attached hydrogen (secondary N) is 3. The van der Waals surface area contributed by atoms with E-state index in [9.17, 15) is 39.3 Å². The van der Waals surface area contributed by atoms with Crippen LogP contribution >= 0.6 is 11.8 Å². The summed E-state index contributed by atoms with van der Waals surface area (Å²) in [6, 6.07) is 0.528. The lowest BCUT2D eigenvalue weighted by atomic mass is 10.0. The van der Waals surface area contributed by atoms with Crippen LogP contribution < -0.4 is 21.7 Å². The Balaban J connectivity index is 3.02. The number of thioether (sulfide) groups is 1. The molecule has 0 saturated carbocycles. The van der Waals surface area contributed by atoms with Gasteiger partial charge in [0.2, 0.25) is 17.7 Å². The van der Waals surface area contributed by atoms with E-state index in [-0.39, 0.29) is 25.0 Å². The summed E-state index contributed by atoms with van der Waals surface area (Å²) >= 11 is 1.38. The third kappa shape index (κ3) is 11.5. The van der Waals surface area contributed by atoms with Crippen LogP contribution in [0.3, 0.4) is 0 Å². The van der Waals surface area contributed by atoms with E-state index in [1.807, 2.05) is 0 Å². The Morgan fingerprint density at radius 2 is 1.41 bits per heavy atom. The number of aliphatic carboxylic acids is 2. The predicted molar refractivity (Wildman–Crippen MR) is 135 cm³/mol. The lowest BCUT2D eigenvalue weighted by Gasteiger charge is -2.25. The molecule has 3 amide bonds. The second kappa shape index (κ2) is 15.7. The van der Waals surface area contributed by atoms with Gasteiger partial charge in [-0.15, -0.1) is 0 Å². The first-order valence-electron chi connectivity index (χ1n) is 11.4. The number of nitrogens with two attached hydrogens (primary N) is 1. The van der Waals surface area contributed by atoms with Crippen LogP contribution in [0.25, 0.3) is 0 Å². The van der Waals surface area contributed by atoms with Gasteiger partial charge in [0.1, 0.15) is 29.9 Å². The van der Waals surface area contributed by atoms with E-state index >= 15 is 0 Å². The maximum absolute atomic E-state index is 13.0. The Labute approximate surface area is 218 Å². The molecule has 0 aliphatic carbocycles. The molecular weight excluding hydrogens is 508 g/mol. The first-order valence-corrected chi connectivity index (χ1v) is 12.8. The molecule has 0 radical (unpaired) electrons. The number of carboxylic acid groups (broad SMARTS) is 2. The highest BCUT2D eigenvalue weighted by Crippen LogP contribution is 2.12. The predicted octanol–water partition coefficient (Wildman–Crippen LogP) is -1.20. The number of benzene rings is 1. The van der Waals surface area contributed by atoms with Gasteiger partial charge in [-0.1, -0.05) is 12.1 Å². The van der Waals surface area contributed by atoms with Gasteiger partial charge in [0, 0.05) is 12.8 Å². The van der Waals surface area contributed by atoms with Crippen LogP contribution in [0.4, 0.5) is 0 Å². The number of carboxylic acids is 2. The number of aliphatic hydroxyl groups excluding tert-OH is 1. The maximum Gasteiger partial charge on any atom is 0.326 e. The molecule has 0 fully saturated rings. The molecule has 9 N–H and O–H groups in total. The fourth-order valence-corrected chi connectivity index (χ4v) is 3.61.